The van der Waals surface area contributed by atoms with Gasteiger partial charge in [-0.1, -0.05) is 91.0 Å². The van der Waals surface area contributed by atoms with Crippen molar-refractivity contribution in [2.45, 2.75) is 17.8 Å². The van der Waals surface area contributed by atoms with Crippen molar-refractivity contribution in [1.29, 1.82) is 5.26 Å². The Morgan fingerprint density at radius 2 is 1.37 bits per heavy atom. The van der Waals surface area contributed by atoms with Crippen LogP contribution in [0.1, 0.15) is 29.0 Å². The molecule has 4 rings (SSSR count). The minimum atomic E-state index is -1.15. The zero-order valence-electron chi connectivity index (χ0n) is 14.9. The van der Waals surface area contributed by atoms with Gasteiger partial charge in [-0.3, -0.25) is 4.79 Å². The molecule has 0 spiro atoms. The molecule has 0 radical (unpaired) electrons. The number of nitrogens with zero attached hydrogens (tertiary/aromatic N) is 1. The molecule has 0 bridgehead atoms. The second kappa shape index (κ2) is 7.05. The highest BCUT2D eigenvalue weighted by Crippen LogP contribution is 2.47. The Labute approximate surface area is 159 Å². The summed E-state index contributed by atoms with van der Waals surface area (Å²) in [6.45, 7) is 0. The molecular formula is C25H19NO. The van der Waals surface area contributed by atoms with Gasteiger partial charge in [0.25, 0.3) is 0 Å². The van der Waals surface area contributed by atoms with E-state index in [0.717, 1.165) is 22.3 Å². The maximum absolute atomic E-state index is 13.2. The van der Waals surface area contributed by atoms with Crippen molar-refractivity contribution in [3.63, 3.8) is 0 Å². The van der Waals surface area contributed by atoms with Crippen LogP contribution in [0.4, 0.5) is 0 Å². The second-order valence-corrected chi connectivity index (χ2v) is 6.88. The van der Waals surface area contributed by atoms with E-state index in [4.69, 9.17) is 0 Å². The fourth-order valence-electron chi connectivity index (χ4n) is 3.93. The first-order chi connectivity index (χ1) is 13.2. The summed E-state index contributed by atoms with van der Waals surface area (Å²) in [7, 11) is 0. The molecular weight excluding hydrogens is 330 g/mol. The van der Waals surface area contributed by atoms with Gasteiger partial charge < -0.3 is 0 Å². The van der Waals surface area contributed by atoms with Gasteiger partial charge in [0.15, 0.2) is 5.78 Å². The normalized spacial score (nSPS) is 22.0. The van der Waals surface area contributed by atoms with Gasteiger partial charge in [0.2, 0.25) is 0 Å². The van der Waals surface area contributed by atoms with E-state index in [-0.39, 0.29) is 11.7 Å². The highest BCUT2D eigenvalue weighted by Gasteiger charge is 2.46. The lowest BCUT2D eigenvalue weighted by molar-refractivity contribution is -0.118. The molecule has 0 aromatic heterocycles. The molecule has 0 saturated carbocycles. The average molecular weight is 349 g/mol. The summed E-state index contributed by atoms with van der Waals surface area (Å²) < 4.78 is 0. The minimum absolute atomic E-state index is 0.0221. The maximum atomic E-state index is 13.2. The van der Waals surface area contributed by atoms with Crippen LogP contribution in [0.2, 0.25) is 0 Å². The summed E-state index contributed by atoms with van der Waals surface area (Å²) in [5.74, 6) is -0.159. The number of allylic oxidation sites excluding steroid dienone is 2. The molecule has 0 saturated heterocycles. The fourth-order valence-corrected chi connectivity index (χ4v) is 3.93. The standard InChI is InChI=1S/C25H19NO/c26-18-25(21-14-8-3-9-15-21)17-23(20-12-6-2-7-13-20)22(16-24(25)27)19-10-4-1-5-11-19/h1-16,23H,17H2/t23-,25-/m1/s1. The van der Waals surface area contributed by atoms with E-state index in [1.165, 1.54) is 0 Å². The Hall–Kier alpha value is -3.44. The average Bonchev–Trinajstić information content (AvgIpc) is 2.75. The van der Waals surface area contributed by atoms with Crippen LogP contribution < -0.4 is 0 Å². The molecule has 1 aliphatic carbocycles. The molecule has 0 amide bonds. The predicted octanol–water partition coefficient (Wildman–Crippen LogP) is 5.29. The third-order valence-corrected chi connectivity index (χ3v) is 5.36. The lowest BCUT2D eigenvalue weighted by atomic mass is 9.64. The quantitative estimate of drug-likeness (QED) is 0.645. The zero-order valence-corrected chi connectivity index (χ0v) is 14.9. The molecule has 0 heterocycles. The summed E-state index contributed by atoms with van der Waals surface area (Å²) in [4.78, 5) is 13.2. The van der Waals surface area contributed by atoms with E-state index in [1.807, 2.05) is 78.9 Å². The van der Waals surface area contributed by atoms with Gasteiger partial charge in [-0.05, 0) is 34.8 Å². The molecule has 2 heteroatoms. The van der Waals surface area contributed by atoms with E-state index in [9.17, 15) is 10.1 Å². The van der Waals surface area contributed by atoms with Crippen LogP contribution in [0.3, 0.4) is 0 Å². The highest BCUT2D eigenvalue weighted by molar-refractivity contribution is 6.08. The highest BCUT2D eigenvalue weighted by atomic mass is 16.1. The van der Waals surface area contributed by atoms with Gasteiger partial charge >= 0.3 is 0 Å². The first-order valence-electron chi connectivity index (χ1n) is 9.08. The van der Waals surface area contributed by atoms with Gasteiger partial charge in [-0.15, -0.1) is 0 Å². The SMILES string of the molecule is N#C[C@@]1(c2ccccc2)C[C@H](c2ccccc2)C(c2ccccc2)=CC1=O. The van der Waals surface area contributed by atoms with E-state index >= 15 is 0 Å². The number of rotatable bonds is 3. The molecule has 2 atom stereocenters. The summed E-state index contributed by atoms with van der Waals surface area (Å²) in [6, 6.07) is 31.9. The van der Waals surface area contributed by atoms with E-state index in [2.05, 4.69) is 18.2 Å². The topological polar surface area (TPSA) is 40.9 Å². The summed E-state index contributed by atoms with van der Waals surface area (Å²) >= 11 is 0. The molecule has 2 nitrogen and oxygen atoms in total. The third kappa shape index (κ3) is 2.98. The lowest BCUT2D eigenvalue weighted by Gasteiger charge is -2.35. The van der Waals surface area contributed by atoms with Gasteiger partial charge in [0.1, 0.15) is 5.41 Å². The van der Waals surface area contributed by atoms with Crippen LogP contribution in [0, 0.1) is 11.3 Å². The van der Waals surface area contributed by atoms with Gasteiger partial charge in [-0.25, -0.2) is 0 Å². The van der Waals surface area contributed by atoms with Gasteiger partial charge in [0, 0.05) is 5.92 Å². The smallest absolute Gasteiger partial charge is 0.180 e. The number of nitriles is 1. The third-order valence-electron chi connectivity index (χ3n) is 5.36. The number of carbonyl (C=O) groups is 1. The van der Waals surface area contributed by atoms with Crippen molar-refractivity contribution >= 4 is 11.4 Å². The van der Waals surface area contributed by atoms with Crippen LogP contribution in [-0.4, -0.2) is 5.78 Å². The number of hydrogen-bond acceptors (Lipinski definition) is 2. The molecule has 1 aliphatic rings. The second-order valence-electron chi connectivity index (χ2n) is 6.88. The van der Waals surface area contributed by atoms with E-state index < -0.39 is 5.41 Å². The van der Waals surface area contributed by atoms with Crippen molar-refractivity contribution in [2.75, 3.05) is 0 Å². The lowest BCUT2D eigenvalue weighted by Crippen LogP contribution is -2.38. The molecule has 3 aromatic rings. The first kappa shape index (κ1) is 17.0. The number of hydrogen-bond donors (Lipinski definition) is 0. The first-order valence-corrected chi connectivity index (χ1v) is 9.08. The van der Waals surface area contributed by atoms with E-state index in [0.29, 0.717) is 6.42 Å². The maximum Gasteiger partial charge on any atom is 0.180 e. The largest absolute Gasteiger partial charge is 0.293 e. The molecule has 130 valence electrons. The summed E-state index contributed by atoms with van der Waals surface area (Å²) in [5, 5.41) is 10.1. The van der Waals surface area contributed by atoms with Gasteiger partial charge in [0.05, 0.1) is 6.07 Å². The number of ketones is 1. The van der Waals surface area contributed by atoms with Crippen molar-refractivity contribution in [1.82, 2.24) is 0 Å². The van der Waals surface area contributed by atoms with Crippen molar-refractivity contribution < 1.29 is 4.79 Å². The monoisotopic (exact) mass is 349 g/mol. The molecule has 0 aliphatic heterocycles. The number of benzene rings is 3. The molecule has 3 aromatic carbocycles. The Bertz CT molecular complexity index is 1020. The molecule has 27 heavy (non-hydrogen) atoms. The van der Waals surface area contributed by atoms with Crippen LogP contribution in [0.25, 0.3) is 5.57 Å². The molecule has 0 fully saturated rings. The van der Waals surface area contributed by atoms with Crippen molar-refractivity contribution in [3.8, 4) is 6.07 Å². The van der Waals surface area contributed by atoms with Crippen molar-refractivity contribution in [3.05, 3.63) is 114 Å². The van der Waals surface area contributed by atoms with Crippen LogP contribution in [0.5, 0.6) is 0 Å². The Morgan fingerprint density at radius 3 is 1.96 bits per heavy atom. The molecule has 0 N–H and O–H groups in total. The fraction of sp³-hybridized carbons (Fsp3) is 0.120. The summed E-state index contributed by atoms with van der Waals surface area (Å²) in [6.07, 6.45) is 2.13. The summed E-state index contributed by atoms with van der Waals surface area (Å²) in [5.41, 5.74) is 2.74. The van der Waals surface area contributed by atoms with Crippen LogP contribution in [-0.2, 0) is 10.2 Å². The van der Waals surface area contributed by atoms with Gasteiger partial charge in [-0.2, -0.15) is 5.26 Å². The van der Waals surface area contributed by atoms with Crippen LogP contribution >= 0.6 is 0 Å². The molecule has 0 unspecified atom stereocenters. The van der Waals surface area contributed by atoms with Crippen molar-refractivity contribution in [2.24, 2.45) is 0 Å². The van der Waals surface area contributed by atoms with E-state index in [1.54, 1.807) is 6.08 Å². The Morgan fingerprint density at radius 1 is 0.815 bits per heavy atom. The minimum Gasteiger partial charge on any atom is -0.293 e. The Kier molecular flexibility index (Phi) is 4.44. The number of carbonyl (C=O) groups excluding carboxylic acids is 1. The Balaban J connectivity index is 1.90. The zero-order chi connectivity index (χ0) is 18.7. The predicted molar refractivity (Wildman–Crippen MR) is 107 cm³/mol. The van der Waals surface area contributed by atoms with Crippen LogP contribution in [0.15, 0.2) is 97.1 Å².